The van der Waals surface area contributed by atoms with Crippen LogP contribution in [0.1, 0.15) is 11.4 Å². The molecule has 0 aliphatic carbocycles. The molecule has 0 N–H and O–H groups in total. The van der Waals surface area contributed by atoms with E-state index in [1.165, 1.54) is 6.07 Å². The van der Waals surface area contributed by atoms with E-state index in [4.69, 9.17) is 4.74 Å². The third-order valence-electron chi connectivity index (χ3n) is 2.38. The van der Waals surface area contributed by atoms with E-state index in [0.717, 1.165) is 11.4 Å². The second-order valence-electron chi connectivity index (χ2n) is 3.62. The Balaban J connectivity index is 2.05. The molecule has 0 saturated heterocycles. The summed E-state index contributed by atoms with van der Waals surface area (Å²) in [6, 6.07) is 8.26. The number of halogens is 1. The van der Waals surface area contributed by atoms with Crippen molar-refractivity contribution in [3.63, 3.8) is 0 Å². The van der Waals surface area contributed by atoms with E-state index < -0.39 is 0 Å². The lowest BCUT2D eigenvalue weighted by molar-refractivity contribution is 0.285. The van der Waals surface area contributed by atoms with E-state index in [1.807, 2.05) is 20.0 Å². The normalized spacial score (nSPS) is 10.4. The summed E-state index contributed by atoms with van der Waals surface area (Å²) in [6.45, 7) is 2.24. The van der Waals surface area contributed by atoms with Crippen LogP contribution in [0.4, 0.5) is 4.39 Å². The number of ether oxygens (including phenoxy) is 1. The molecule has 0 bridgehead atoms. The fraction of sp³-hybridized carbons (Fsp3) is 0.250. The van der Waals surface area contributed by atoms with Crippen LogP contribution in [0.5, 0.6) is 5.75 Å². The molecule has 0 unspecified atom stereocenters. The van der Waals surface area contributed by atoms with Crippen molar-refractivity contribution in [2.24, 2.45) is 7.05 Å². The van der Waals surface area contributed by atoms with Crippen LogP contribution in [0.15, 0.2) is 30.3 Å². The van der Waals surface area contributed by atoms with Gasteiger partial charge in [-0.15, -0.1) is 0 Å². The smallest absolute Gasteiger partial charge is 0.165 e. The zero-order valence-corrected chi connectivity index (χ0v) is 9.27. The number of benzene rings is 1. The third-order valence-corrected chi connectivity index (χ3v) is 2.38. The molecule has 4 heteroatoms. The summed E-state index contributed by atoms with van der Waals surface area (Å²) < 4.78 is 20.3. The van der Waals surface area contributed by atoms with E-state index in [9.17, 15) is 4.39 Å². The zero-order valence-electron chi connectivity index (χ0n) is 9.27. The monoisotopic (exact) mass is 220 g/mol. The van der Waals surface area contributed by atoms with E-state index in [2.05, 4.69) is 5.10 Å². The van der Waals surface area contributed by atoms with Gasteiger partial charge in [0.1, 0.15) is 12.3 Å². The van der Waals surface area contributed by atoms with Crippen LogP contribution in [0, 0.1) is 12.7 Å². The Hall–Kier alpha value is -1.84. The lowest BCUT2D eigenvalue weighted by atomic mass is 10.3. The summed E-state index contributed by atoms with van der Waals surface area (Å²) in [7, 11) is 1.86. The molecule has 0 saturated carbocycles. The summed E-state index contributed by atoms with van der Waals surface area (Å²) in [5, 5.41) is 4.22. The molecule has 1 heterocycles. The van der Waals surface area contributed by atoms with Crippen molar-refractivity contribution in [2.75, 3.05) is 0 Å². The number of para-hydroxylation sites is 1. The largest absolute Gasteiger partial charge is 0.484 e. The van der Waals surface area contributed by atoms with Crippen LogP contribution < -0.4 is 4.74 Å². The zero-order chi connectivity index (χ0) is 11.5. The topological polar surface area (TPSA) is 27.1 Å². The molecule has 0 fully saturated rings. The Kier molecular flexibility index (Phi) is 2.90. The Morgan fingerprint density at radius 3 is 2.75 bits per heavy atom. The second kappa shape index (κ2) is 4.35. The van der Waals surface area contributed by atoms with E-state index in [0.29, 0.717) is 0 Å². The Labute approximate surface area is 93.5 Å². The van der Waals surface area contributed by atoms with E-state index >= 15 is 0 Å². The molecule has 0 amide bonds. The maximum Gasteiger partial charge on any atom is 0.165 e. The number of aromatic nitrogens is 2. The minimum atomic E-state index is -0.352. The number of hydrogen-bond donors (Lipinski definition) is 0. The fourth-order valence-electron chi connectivity index (χ4n) is 1.42. The van der Waals surface area contributed by atoms with Gasteiger partial charge < -0.3 is 4.74 Å². The molecule has 0 aliphatic rings. The number of nitrogens with zero attached hydrogens (tertiary/aromatic N) is 2. The summed E-state index contributed by atoms with van der Waals surface area (Å²) in [4.78, 5) is 0. The van der Waals surface area contributed by atoms with Gasteiger partial charge in [-0.25, -0.2) is 4.39 Å². The summed E-state index contributed by atoms with van der Waals surface area (Å²) >= 11 is 0. The number of rotatable bonds is 3. The minimum absolute atomic E-state index is 0.255. The van der Waals surface area contributed by atoms with Gasteiger partial charge in [0.25, 0.3) is 0 Å². The van der Waals surface area contributed by atoms with Gasteiger partial charge in [-0.05, 0) is 25.1 Å². The molecule has 16 heavy (non-hydrogen) atoms. The Morgan fingerprint density at radius 1 is 1.38 bits per heavy atom. The third kappa shape index (κ3) is 2.21. The van der Waals surface area contributed by atoms with Crippen molar-refractivity contribution in [3.8, 4) is 5.75 Å². The van der Waals surface area contributed by atoms with Crippen molar-refractivity contribution >= 4 is 0 Å². The standard InChI is InChI=1S/C12H13FN2O/c1-9-7-10(14-15(9)2)8-16-12-6-4-3-5-11(12)13/h3-7H,8H2,1-2H3. The second-order valence-corrected chi connectivity index (χ2v) is 3.62. The van der Waals surface area contributed by atoms with Gasteiger partial charge in [-0.3, -0.25) is 4.68 Å². The van der Waals surface area contributed by atoms with Gasteiger partial charge >= 0.3 is 0 Å². The average molecular weight is 220 g/mol. The Bertz CT molecular complexity index is 474. The first kappa shape index (κ1) is 10.7. The van der Waals surface area contributed by atoms with Crippen LogP contribution >= 0.6 is 0 Å². The van der Waals surface area contributed by atoms with Crippen LogP contribution in [-0.2, 0) is 13.7 Å². The van der Waals surface area contributed by atoms with Crippen LogP contribution in [0.25, 0.3) is 0 Å². The predicted molar refractivity (Wildman–Crippen MR) is 58.7 cm³/mol. The van der Waals surface area contributed by atoms with Crippen molar-refractivity contribution in [1.82, 2.24) is 9.78 Å². The predicted octanol–water partition coefficient (Wildman–Crippen LogP) is 2.45. The molecule has 0 aliphatic heterocycles. The van der Waals surface area contributed by atoms with Crippen molar-refractivity contribution in [3.05, 3.63) is 47.5 Å². The van der Waals surface area contributed by atoms with Gasteiger partial charge in [0, 0.05) is 12.7 Å². The highest BCUT2D eigenvalue weighted by atomic mass is 19.1. The number of aryl methyl sites for hydroxylation is 2. The van der Waals surface area contributed by atoms with Crippen LogP contribution in [0.3, 0.4) is 0 Å². The molecular weight excluding hydrogens is 207 g/mol. The molecule has 3 nitrogen and oxygen atoms in total. The van der Waals surface area contributed by atoms with Gasteiger partial charge in [0.2, 0.25) is 0 Å². The molecule has 1 aromatic carbocycles. The van der Waals surface area contributed by atoms with Crippen molar-refractivity contribution < 1.29 is 9.13 Å². The fourth-order valence-corrected chi connectivity index (χ4v) is 1.42. The van der Waals surface area contributed by atoms with E-state index in [1.54, 1.807) is 22.9 Å². The maximum absolute atomic E-state index is 13.2. The average Bonchev–Trinajstić information content (AvgIpc) is 2.57. The highest BCUT2D eigenvalue weighted by Gasteiger charge is 2.04. The molecule has 2 rings (SSSR count). The lowest BCUT2D eigenvalue weighted by Gasteiger charge is -2.04. The minimum Gasteiger partial charge on any atom is -0.484 e. The quantitative estimate of drug-likeness (QED) is 0.794. The van der Waals surface area contributed by atoms with Gasteiger partial charge in [0.05, 0.1) is 0 Å². The molecule has 1 aromatic heterocycles. The molecule has 84 valence electrons. The lowest BCUT2D eigenvalue weighted by Crippen LogP contribution is -1.99. The first-order valence-electron chi connectivity index (χ1n) is 5.03. The van der Waals surface area contributed by atoms with Gasteiger partial charge in [-0.2, -0.15) is 5.10 Å². The van der Waals surface area contributed by atoms with Gasteiger partial charge in [-0.1, -0.05) is 12.1 Å². The molecule has 0 atom stereocenters. The number of hydrogen-bond acceptors (Lipinski definition) is 2. The molecule has 0 spiro atoms. The Morgan fingerprint density at radius 2 is 2.12 bits per heavy atom. The SMILES string of the molecule is Cc1cc(COc2ccccc2F)nn1C. The highest BCUT2D eigenvalue weighted by molar-refractivity contribution is 5.24. The van der Waals surface area contributed by atoms with Crippen molar-refractivity contribution in [1.29, 1.82) is 0 Å². The molecular formula is C12H13FN2O. The first-order valence-corrected chi connectivity index (χ1v) is 5.03. The van der Waals surface area contributed by atoms with Crippen LogP contribution in [-0.4, -0.2) is 9.78 Å². The van der Waals surface area contributed by atoms with Crippen LogP contribution in [0.2, 0.25) is 0 Å². The summed E-state index contributed by atoms with van der Waals surface area (Å²) in [6.07, 6.45) is 0. The highest BCUT2D eigenvalue weighted by Crippen LogP contribution is 2.16. The molecule has 2 aromatic rings. The first-order chi connectivity index (χ1) is 7.66. The summed E-state index contributed by atoms with van der Waals surface area (Å²) in [5.74, 6) is -0.0963. The maximum atomic E-state index is 13.2. The van der Waals surface area contributed by atoms with E-state index in [-0.39, 0.29) is 18.2 Å². The molecule has 0 radical (unpaired) electrons. The van der Waals surface area contributed by atoms with Crippen molar-refractivity contribution in [2.45, 2.75) is 13.5 Å². The summed E-state index contributed by atoms with van der Waals surface area (Å²) in [5.41, 5.74) is 1.84. The van der Waals surface area contributed by atoms with Gasteiger partial charge in [0.15, 0.2) is 11.6 Å².